The number of esters is 5. The number of hydrogen-bond donors (Lipinski definition) is 1. The smallest absolute Gasteiger partial charge is 0.309 e. The van der Waals surface area contributed by atoms with Gasteiger partial charge in [-0.2, -0.15) is 0 Å². The van der Waals surface area contributed by atoms with E-state index >= 15 is 0 Å². The van der Waals surface area contributed by atoms with Crippen LogP contribution >= 0.6 is 0 Å². The SMILES string of the molecule is CCC(=O)O[C@@H]1CC(=O)O[C@H](C)CCN(Cc2ccccc2)C[C@H](OC(C)=O)[C@H](C)C[C@H](CC(OC)OC)[C@H]([C@@H]2O[C@H](C)[C@@H](O[C@@H]3C[C@@](C)(OC(C)=O)[C@@H](OC(=O)CC)[C@H](C)O3)[C@H](N(C)C)[C@H]2O)[C@@H]1OC. The van der Waals surface area contributed by atoms with Gasteiger partial charge in [0.25, 0.3) is 0 Å². The van der Waals surface area contributed by atoms with Crippen molar-refractivity contribution in [1.82, 2.24) is 9.80 Å². The average Bonchev–Trinajstić information content (AvgIpc) is 3.30. The van der Waals surface area contributed by atoms with Gasteiger partial charge in [-0.1, -0.05) is 51.1 Å². The molecular formula is C52H84N2O17. The first-order valence-electron chi connectivity index (χ1n) is 25.2. The van der Waals surface area contributed by atoms with E-state index in [1.54, 1.807) is 48.7 Å². The van der Waals surface area contributed by atoms with Gasteiger partial charge in [0, 0.05) is 86.4 Å². The van der Waals surface area contributed by atoms with E-state index in [1.165, 1.54) is 35.2 Å². The van der Waals surface area contributed by atoms with Gasteiger partial charge in [-0.05, 0) is 72.0 Å². The molecule has 0 unspecified atom stereocenters. The third-order valence-electron chi connectivity index (χ3n) is 14.1. The molecule has 0 bridgehead atoms. The number of ether oxygens (including phenoxy) is 11. The molecule has 1 aromatic rings. The molecule has 3 aliphatic heterocycles. The van der Waals surface area contributed by atoms with E-state index in [4.69, 9.17) is 52.1 Å². The fourth-order valence-corrected chi connectivity index (χ4v) is 10.7. The van der Waals surface area contributed by atoms with Crippen molar-refractivity contribution in [3.8, 4) is 0 Å². The minimum Gasteiger partial charge on any atom is -0.463 e. The molecule has 0 amide bonds. The molecule has 71 heavy (non-hydrogen) atoms. The number of aliphatic hydroxyl groups is 1. The van der Waals surface area contributed by atoms with Crippen LogP contribution in [-0.4, -0.2) is 179 Å². The number of carbonyl (C=O) groups excluding carboxylic acids is 5. The second-order valence-corrected chi connectivity index (χ2v) is 19.9. The van der Waals surface area contributed by atoms with Gasteiger partial charge in [0.1, 0.15) is 30.5 Å². The molecule has 19 heteroatoms. The van der Waals surface area contributed by atoms with Gasteiger partial charge in [0.15, 0.2) is 24.3 Å². The minimum absolute atomic E-state index is 0.00169. The van der Waals surface area contributed by atoms with Crippen molar-refractivity contribution in [1.29, 1.82) is 0 Å². The van der Waals surface area contributed by atoms with Crippen LogP contribution in [0.25, 0.3) is 0 Å². The zero-order chi connectivity index (χ0) is 52.7. The summed E-state index contributed by atoms with van der Waals surface area (Å²) in [6, 6.07) is 9.14. The zero-order valence-corrected chi connectivity index (χ0v) is 44.6. The van der Waals surface area contributed by atoms with Crippen molar-refractivity contribution in [2.45, 2.75) is 199 Å². The summed E-state index contributed by atoms with van der Waals surface area (Å²) < 4.78 is 68.2. The number of aliphatic hydroxyl groups excluding tert-OH is 1. The van der Waals surface area contributed by atoms with E-state index in [9.17, 15) is 29.1 Å². The molecule has 0 saturated carbocycles. The number of benzene rings is 1. The summed E-state index contributed by atoms with van der Waals surface area (Å²) in [5, 5.41) is 13.0. The first-order valence-corrected chi connectivity index (χ1v) is 25.2. The molecule has 19 nitrogen and oxygen atoms in total. The largest absolute Gasteiger partial charge is 0.463 e. The quantitative estimate of drug-likeness (QED) is 0.124. The van der Waals surface area contributed by atoms with Crippen LogP contribution in [0.1, 0.15) is 113 Å². The van der Waals surface area contributed by atoms with E-state index < -0.39 is 127 Å². The lowest BCUT2D eigenvalue weighted by Crippen LogP contribution is -2.67. The van der Waals surface area contributed by atoms with Crippen molar-refractivity contribution in [2.75, 3.05) is 48.5 Å². The molecule has 1 aromatic carbocycles. The lowest BCUT2D eigenvalue weighted by atomic mass is 9.70. The van der Waals surface area contributed by atoms with Gasteiger partial charge in [0.2, 0.25) is 0 Å². The Morgan fingerprint density at radius 3 is 2.10 bits per heavy atom. The molecule has 3 aliphatic rings. The topological polar surface area (TPSA) is 214 Å². The number of methoxy groups -OCH3 is 3. The second-order valence-electron chi connectivity index (χ2n) is 19.9. The first-order chi connectivity index (χ1) is 33.6. The summed E-state index contributed by atoms with van der Waals surface area (Å²) in [7, 11) is 8.11. The molecule has 16 atom stereocenters. The van der Waals surface area contributed by atoms with E-state index in [0.717, 1.165) is 5.56 Å². The Hall–Kier alpha value is -3.79. The van der Waals surface area contributed by atoms with E-state index in [1.807, 2.05) is 49.1 Å². The van der Waals surface area contributed by atoms with Crippen LogP contribution in [0.4, 0.5) is 0 Å². The van der Waals surface area contributed by atoms with Crippen molar-refractivity contribution in [3.05, 3.63) is 35.9 Å². The summed E-state index contributed by atoms with van der Waals surface area (Å²) in [6.45, 7) is 16.4. The summed E-state index contributed by atoms with van der Waals surface area (Å²) in [4.78, 5) is 69.4. The predicted molar refractivity (Wildman–Crippen MR) is 258 cm³/mol. The molecule has 3 fully saturated rings. The van der Waals surface area contributed by atoms with E-state index in [-0.39, 0.29) is 38.0 Å². The Morgan fingerprint density at radius 1 is 0.873 bits per heavy atom. The second kappa shape index (κ2) is 28.0. The Morgan fingerprint density at radius 2 is 1.52 bits per heavy atom. The first kappa shape index (κ1) is 59.8. The molecule has 0 aromatic heterocycles. The summed E-state index contributed by atoms with van der Waals surface area (Å²) in [6.07, 6.45) is -10.4. The normalized spacial score (nSPS) is 34.9. The number of carbonyl (C=O) groups is 5. The molecule has 404 valence electrons. The van der Waals surface area contributed by atoms with Gasteiger partial charge >= 0.3 is 29.8 Å². The lowest BCUT2D eigenvalue weighted by Gasteiger charge is -2.53. The fourth-order valence-electron chi connectivity index (χ4n) is 10.7. The average molecular weight is 1010 g/mol. The number of hydrogen-bond acceptors (Lipinski definition) is 19. The Balaban J connectivity index is 1.88. The van der Waals surface area contributed by atoms with E-state index in [0.29, 0.717) is 32.5 Å². The molecule has 3 saturated heterocycles. The maximum Gasteiger partial charge on any atom is 0.309 e. The molecule has 0 radical (unpaired) electrons. The Kier molecular flexibility index (Phi) is 23.6. The van der Waals surface area contributed by atoms with Crippen LogP contribution in [0.5, 0.6) is 0 Å². The number of cyclic esters (lactones) is 1. The monoisotopic (exact) mass is 1010 g/mol. The highest BCUT2D eigenvalue weighted by atomic mass is 16.7. The van der Waals surface area contributed by atoms with Gasteiger partial charge in [-0.15, -0.1) is 0 Å². The van der Waals surface area contributed by atoms with Gasteiger partial charge in [-0.3, -0.25) is 28.9 Å². The maximum atomic E-state index is 14.1. The van der Waals surface area contributed by atoms with Crippen LogP contribution < -0.4 is 0 Å². The van der Waals surface area contributed by atoms with Gasteiger partial charge in [0.05, 0.1) is 36.9 Å². The van der Waals surface area contributed by atoms with Gasteiger partial charge in [-0.25, -0.2) is 0 Å². The fraction of sp³-hybridized carbons (Fsp3) is 0.788. The van der Waals surface area contributed by atoms with Crippen LogP contribution in [0.3, 0.4) is 0 Å². The third kappa shape index (κ3) is 16.9. The van der Waals surface area contributed by atoms with Crippen molar-refractivity contribution in [2.24, 2.45) is 17.8 Å². The minimum atomic E-state index is -1.35. The lowest BCUT2D eigenvalue weighted by molar-refractivity contribution is -0.320. The van der Waals surface area contributed by atoms with Crippen LogP contribution in [0.15, 0.2) is 30.3 Å². The molecule has 0 spiro atoms. The highest BCUT2D eigenvalue weighted by molar-refractivity contribution is 5.73. The van der Waals surface area contributed by atoms with Crippen molar-refractivity contribution < 1.29 is 81.2 Å². The summed E-state index contributed by atoms with van der Waals surface area (Å²) >= 11 is 0. The molecule has 1 N–H and O–H groups in total. The third-order valence-corrected chi connectivity index (χ3v) is 14.1. The Labute approximate surface area is 421 Å². The van der Waals surface area contributed by atoms with Crippen LogP contribution in [0.2, 0.25) is 0 Å². The standard InChI is InChI=1S/C52H84N2O17/c1-15-40(57)68-38-26-42(59)64-31(4)22-23-54(28-36-20-18-17-19-21-36)29-39(67-34(7)55)30(3)24-37(25-43(61-12)62-13)45(49(38)63-14)50-47(60)46(53(10)11)48(32(5)66-50)70-44-27-52(9,71-35(8)56)51(33(6)65-44)69-41(58)16-2/h17-21,30-33,37-39,43-51,60H,15-16,22-29H2,1-14H3/t30-,31-,32-,33+,37-,38-,39+,44-,45+,46-,47-,48-,49-,50+,51+,52-/m1/s1. The Bertz CT molecular complexity index is 1840. The summed E-state index contributed by atoms with van der Waals surface area (Å²) in [5.41, 5.74) is -0.285. The number of rotatable bonds is 17. The van der Waals surface area contributed by atoms with Crippen LogP contribution in [0, 0.1) is 17.8 Å². The molecular weight excluding hydrogens is 925 g/mol. The highest BCUT2D eigenvalue weighted by Crippen LogP contribution is 2.44. The van der Waals surface area contributed by atoms with Crippen molar-refractivity contribution in [3.63, 3.8) is 0 Å². The highest BCUT2D eigenvalue weighted by Gasteiger charge is 2.56. The van der Waals surface area contributed by atoms with Gasteiger partial charge < -0.3 is 62.1 Å². The number of nitrogens with zero attached hydrogens (tertiary/aromatic N) is 2. The molecule has 4 rings (SSSR count). The molecule has 3 heterocycles. The van der Waals surface area contributed by atoms with Crippen LogP contribution in [-0.2, 0) is 82.6 Å². The summed E-state index contributed by atoms with van der Waals surface area (Å²) in [5.74, 6) is -4.50. The zero-order valence-electron chi connectivity index (χ0n) is 44.6. The maximum absolute atomic E-state index is 14.1. The van der Waals surface area contributed by atoms with E-state index in [2.05, 4.69) is 4.90 Å². The van der Waals surface area contributed by atoms with Crippen molar-refractivity contribution >= 4 is 29.8 Å². The molecule has 0 aliphatic carbocycles. The number of likely N-dealkylation sites (N-methyl/N-ethyl adjacent to an activating group) is 1. The predicted octanol–water partition coefficient (Wildman–Crippen LogP) is 4.99.